The van der Waals surface area contributed by atoms with Crippen LogP contribution in [-0.2, 0) is 26.2 Å². The van der Waals surface area contributed by atoms with Crippen LogP contribution in [-0.4, -0.2) is 28.8 Å². The van der Waals surface area contributed by atoms with Gasteiger partial charge in [0.15, 0.2) is 5.76 Å². The lowest BCUT2D eigenvalue weighted by molar-refractivity contribution is -0.0694. The lowest BCUT2D eigenvalue weighted by Crippen LogP contribution is -2.21. The van der Waals surface area contributed by atoms with Crippen LogP contribution in [0.5, 0.6) is 0 Å². The smallest absolute Gasteiger partial charge is 0.451 e. The quantitative estimate of drug-likeness (QED) is 0.157. The topological polar surface area (TPSA) is 86.4 Å². The fourth-order valence-electron chi connectivity index (χ4n) is 3.31. The number of ether oxygens (including phenoxy) is 3. The molecule has 1 aromatic heterocycles. The molecule has 0 saturated carbocycles. The molecule has 0 aliphatic heterocycles. The number of nitrogens with zero attached hydrogens (tertiary/aromatic N) is 3. The van der Waals surface area contributed by atoms with E-state index in [1.165, 1.54) is 0 Å². The van der Waals surface area contributed by atoms with E-state index in [1.54, 1.807) is 18.5 Å². The van der Waals surface area contributed by atoms with E-state index in [9.17, 15) is 10.1 Å². The Hall–Kier alpha value is -2.98. The first-order chi connectivity index (χ1) is 16.4. The van der Waals surface area contributed by atoms with E-state index >= 15 is 0 Å². The number of aromatic nitrogens is 2. The summed E-state index contributed by atoms with van der Waals surface area (Å²) in [7, 11) is 0. The molecule has 0 fully saturated rings. The number of benzene rings is 1. The van der Waals surface area contributed by atoms with Crippen molar-refractivity contribution in [3.05, 3.63) is 51.8 Å². The Kier molecular flexibility index (Phi) is 9.79. The van der Waals surface area contributed by atoms with Crippen LogP contribution in [0.2, 0.25) is 5.02 Å². The predicted molar refractivity (Wildman–Crippen MR) is 138 cm³/mol. The Bertz CT molecular complexity index is 1090. The number of aryl methyl sites for hydroxylation is 2. The van der Waals surface area contributed by atoms with Gasteiger partial charge in [-0.15, -0.1) is 0 Å². The molecule has 0 radical (unpaired) electrons. The molecule has 190 valence electrons. The maximum atomic E-state index is 12.2. The zero-order chi connectivity index (χ0) is 26.3. The second kappa shape index (κ2) is 12.1. The van der Waals surface area contributed by atoms with Gasteiger partial charge in [-0.2, -0.15) is 10.4 Å². The highest BCUT2D eigenvalue weighted by atomic mass is 35.5. The monoisotopic (exact) mass is 501 g/mol. The van der Waals surface area contributed by atoms with Crippen molar-refractivity contribution in [2.75, 3.05) is 6.61 Å². The second-order valence-electron chi connectivity index (χ2n) is 9.58. The van der Waals surface area contributed by atoms with Crippen molar-refractivity contribution in [1.29, 1.82) is 5.26 Å². The van der Waals surface area contributed by atoms with Gasteiger partial charge in [-0.1, -0.05) is 76.9 Å². The maximum Gasteiger partial charge on any atom is 0.511 e. The van der Waals surface area contributed by atoms with Crippen molar-refractivity contribution in [2.24, 2.45) is 5.92 Å². The molecule has 0 aliphatic carbocycles. The average molecular weight is 502 g/mol. The second-order valence-corrected chi connectivity index (χ2v) is 9.96. The Morgan fingerprint density at radius 2 is 1.80 bits per heavy atom. The molecule has 1 heterocycles. The van der Waals surface area contributed by atoms with E-state index in [4.69, 9.17) is 25.8 Å². The van der Waals surface area contributed by atoms with Crippen molar-refractivity contribution in [3.8, 4) is 6.07 Å². The summed E-state index contributed by atoms with van der Waals surface area (Å²) in [5, 5.41) is 15.0. The van der Waals surface area contributed by atoms with Crippen LogP contribution in [0.3, 0.4) is 0 Å². The third kappa shape index (κ3) is 7.25. The minimum atomic E-state index is -1.04. The highest BCUT2D eigenvalue weighted by Crippen LogP contribution is 2.35. The van der Waals surface area contributed by atoms with Crippen molar-refractivity contribution < 1.29 is 19.0 Å². The van der Waals surface area contributed by atoms with Gasteiger partial charge in [-0.3, -0.25) is 4.68 Å². The van der Waals surface area contributed by atoms with Gasteiger partial charge < -0.3 is 14.2 Å². The minimum absolute atomic E-state index is 0.0341. The Morgan fingerprint density at radius 1 is 1.17 bits per heavy atom. The van der Waals surface area contributed by atoms with Gasteiger partial charge in [0.25, 0.3) is 0 Å². The van der Waals surface area contributed by atoms with E-state index in [-0.39, 0.29) is 29.3 Å². The van der Waals surface area contributed by atoms with Crippen LogP contribution in [0.4, 0.5) is 4.79 Å². The predicted octanol–water partition coefficient (Wildman–Crippen LogP) is 7.12. The molecule has 2 atom stereocenters. The van der Waals surface area contributed by atoms with Gasteiger partial charge in [-0.25, -0.2) is 4.79 Å². The summed E-state index contributed by atoms with van der Waals surface area (Å²) >= 11 is 6.61. The highest BCUT2D eigenvalue weighted by Gasteiger charge is 2.26. The summed E-state index contributed by atoms with van der Waals surface area (Å²) in [4.78, 5) is 12.2. The number of carbonyl (C=O) groups is 1. The van der Waals surface area contributed by atoms with Gasteiger partial charge in [0, 0.05) is 13.5 Å². The van der Waals surface area contributed by atoms with E-state index in [1.807, 2.05) is 45.0 Å². The zero-order valence-electron chi connectivity index (χ0n) is 21.9. The Balaban J connectivity index is 2.51. The summed E-state index contributed by atoms with van der Waals surface area (Å²) in [6, 6.07) is 9.98. The van der Waals surface area contributed by atoms with Gasteiger partial charge in [0.05, 0.1) is 17.3 Å². The summed E-state index contributed by atoms with van der Waals surface area (Å²) < 4.78 is 18.2. The average Bonchev–Trinajstić information content (AvgIpc) is 3.10. The Morgan fingerprint density at radius 3 is 2.31 bits per heavy atom. The van der Waals surface area contributed by atoms with Gasteiger partial charge >= 0.3 is 6.16 Å². The normalized spacial score (nSPS) is 13.9. The van der Waals surface area contributed by atoms with Crippen molar-refractivity contribution in [2.45, 2.75) is 80.1 Å². The van der Waals surface area contributed by atoms with Crippen molar-refractivity contribution >= 4 is 29.1 Å². The van der Waals surface area contributed by atoms with E-state index in [2.05, 4.69) is 31.9 Å². The molecule has 7 nitrogen and oxygen atoms in total. The van der Waals surface area contributed by atoms with Gasteiger partial charge in [0.1, 0.15) is 17.3 Å². The first-order valence-corrected chi connectivity index (χ1v) is 12.3. The molecule has 0 amide bonds. The third-order valence-electron chi connectivity index (χ3n) is 5.68. The first kappa shape index (κ1) is 28.3. The van der Waals surface area contributed by atoms with Crippen LogP contribution in [0.25, 0.3) is 11.3 Å². The van der Waals surface area contributed by atoms with Crippen LogP contribution in [0.1, 0.15) is 77.4 Å². The number of hydrogen-bond acceptors (Lipinski definition) is 6. The molecule has 0 bridgehead atoms. The zero-order valence-corrected chi connectivity index (χ0v) is 22.7. The van der Waals surface area contributed by atoms with E-state index in [0.29, 0.717) is 28.5 Å². The highest BCUT2D eigenvalue weighted by molar-refractivity contribution is 6.33. The number of carbonyl (C=O) groups excluding carboxylic acids is 1. The van der Waals surface area contributed by atoms with Crippen LogP contribution >= 0.6 is 11.6 Å². The molecule has 2 aromatic rings. The van der Waals surface area contributed by atoms with Crippen LogP contribution < -0.4 is 0 Å². The lowest BCUT2D eigenvalue weighted by atomic mass is 9.86. The van der Waals surface area contributed by atoms with E-state index in [0.717, 1.165) is 12.0 Å². The maximum absolute atomic E-state index is 12.2. The standard InChI is InChI=1S/C27H36ClN3O4/c1-9-17(3)16-33-26(32)35-19(5)34-25(24-23(28)18(4)30-31(24)10-2)22(15-29)20-11-13-21(14-12-20)27(6,7)8/h11-14,17,19H,9-10,16H2,1-8H3/b25-22-. The summed E-state index contributed by atoms with van der Waals surface area (Å²) in [6.07, 6.45) is -0.996. The van der Waals surface area contributed by atoms with Crippen LogP contribution in [0.15, 0.2) is 24.3 Å². The van der Waals surface area contributed by atoms with Crippen molar-refractivity contribution in [1.82, 2.24) is 9.78 Å². The fraction of sp³-hybridized carbons (Fsp3) is 0.519. The molecule has 0 N–H and O–H groups in total. The molecular formula is C27H36ClN3O4. The number of allylic oxidation sites excluding steroid dienone is 1. The molecule has 0 spiro atoms. The number of rotatable bonds is 9. The molecule has 2 rings (SSSR count). The van der Waals surface area contributed by atoms with Crippen molar-refractivity contribution in [3.63, 3.8) is 0 Å². The van der Waals surface area contributed by atoms with Gasteiger partial charge in [0.2, 0.25) is 6.29 Å². The molecule has 8 heteroatoms. The molecule has 0 saturated heterocycles. The minimum Gasteiger partial charge on any atom is -0.451 e. The number of hydrogen-bond donors (Lipinski definition) is 0. The number of halogens is 1. The SMILES string of the molecule is CCC(C)COC(=O)OC(C)O/C(=C(/C#N)c1ccc(C(C)(C)C)cc1)c1c(Cl)c(C)nn1CC. The molecule has 35 heavy (non-hydrogen) atoms. The molecule has 1 aromatic carbocycles. The molecule has 2 unspecified atom stereocenters. The molecular weight excluding hydrogens is 466 g/mol. The third-order valence-corrected chi connectivity index (χ3v) is 6.13. The fourth-order valence-corrected chi connectivity index (χ4v) is 3.53. The lowest BCUT2D eigenvalue weighted by Gasteiger charge is -2.21. The van der Waals surface area contributed by atoms with Gasteiger partial charge in [-0.05, 0) is 36.3 Å². The van der Waals surface area contributed by atoms with Crippen LogP contribution in [0, 0.1) is 24.2 Å². The summed E-state index contributed by atoms with van der Waals surface area (Å²) in [5.41, 5.74) is 3.06. The first-order valence-electron chi connectivity index (χ1n) is 11.9. The van der Waals surface area contributed by atoms with E-state index < -0.39 is 12.4 Å². The Labute approximate surface area is 213 Å². The largest absolute Gasteiger partial charge is 0.511 e. The summed E-state index contributed by atoms with van der Waals surface area (Å²) in [5.74, 6) is 0.405. The number of nitriles is 1. The molecule has 0 aliphatic rings. The summed E-state index contributed by atoms with van der Waals surface area (Å²) in [6.45, 7) is 16.4.